The van der Waals surface area contributed by atoms with Gasteiger partial charge in [0.05, 0.1) is 36.3 Å². The predicted octanol–water partition coefficient (Wildman–Crippen LogP) is 1.03. The van der Waals surface area contributed by atoms with E-state index in [2.05, 4.69) is 11.8 Å². The molecule has 0 aromatic heterocycles. The minimum absolute atomic E-state index is 0.0257. The van der Waals surface area contributed by atoms with Crippen LogP contribution in [0.25, 0.3) is 0 Å². The van der Waals surface area contributed by atoms with E-state index in [1.807, 2.05) is 6.92 Å². The highest BCUT2D eigenvalue weighted by Gasteiger charge is 2.86. The van der Waals surface area contributed by atoms with Gasteiger partial charge in [0, 0.05) is 17.9 Å². The summed E-state index contributed by atoms with van der Waals surface area (Å²) in [5, 5.41) is 21.8. The lowest BCUT2D eigenvalue weighted by atomic mass is 9.68. The summed E-state index contributed by atoms with van der Waals surface area (Å²) in [5.74, 6) is 0.0837. The Kier molecular flexibility index (Phi) is 3.69. The third-order valence-corrected chi connectivity index (χ3v) is 8.73. The summed E-state index contributed by atoms with van der Waals surface area (Å²) < 4.78 is 24.3. The number of methoxy groups -OCH3 is 1. The summed E-state index contributed by atoms with van der Waals surface area (Å²) in [4.78, 5) is 14.6. The fourth-order valence-corrected chi connectivity index (χ4v) is 7.69. The van der Waals surface area contributed by atoms with Crippen molar-refractivity contribution in [3.8, 4) is 0 Å². The van der Waals surface area contributed by atoms with Gasteiger partial charge in [0.2, 0.25) is 11.5 Å². The topological polar surface area (TPSA) is 97.7 Å². The number of hydrogen-bond donors (Lipinski definition) is 2. The standard InChI is InChI=1S/C22H29NO7/c1-5-12(24)19(25)21-13-6-7-23(21)11-8-14(21)29-22(13)15(11)9(2)17(30-22)18-16(27-4)10(3)20(26)28-18/h9,11-15,19,24-25H,5-8H2,1-4H3/b18-17-/t9-,11-,12?,13-,14+,15+,19?,21-,22+/m0/s1. The fourth-order valence-electron chi connectivity index (χ4n) is 7.69. The first-order valence-electron chi connectivity index (χ1n) is 11.0. The van der Waals surface area contributed by atoms with Crippen LogP contribution < -0.4 is 0 Å². The Morgan fingerprint density at radius 2 is 2.13 bits per heavy atom. The van der Waals surface area contributed by atoms with Gasteiger partial charge in [0.1, 0.15) is 11.9 Å². The molecule has 8 heteroatoms. The second-order valence-electron chi connectivity index (χ2n) is 9.63. The molecule has 30 heavy (non-hydrogen) atoms. The molecular formula is C22H29NO7. The highest BCUT2D eigenvalue weighted by atomic mass is 16.7. The fraction of sp³-hybridized carbons (Fsp3) is 0.773. The molecule has 6 rings (SSSR count). The van der Waals surface area contributed by atoms with Crippen LogP contribution in [0.1, 0.15) is 40.0 Å². The summed E-state index contributed by atoms with van der Waals surface area (Å²) in [7, 11) is 1.52. The summed E-state index contributed by atoms with van der Waals surface area (Å²) in [6.07, 6.45) is 0.284. The average molecular weight is 419 g/mol. The van der Waals surface area contributed by atoms with Crippen LogP contribution in [0, 0.1) is 17.8 Å². The zero-order valence-electron chi connectivity index (χ0n) is 17.8. The predicted molar refractivity (Wildman–Crippen MR) is 102 cm³/mol. The molecular weight excluding hydrogens is 390 g/mol. The molecule has 5 fully saturated rings. The van der Waals surface area contributed by atoms with Crippen molar-refractivity contribution in [2.75, 3.05) is 13.7 Å². The number of hydrogen-bond acceptors (Lipinski definition) is 8. The van der Waals surface area contributed by atoms with Crippen molar-refractivity contribution < 1.29 is 34.0 Å². The number of ether oxygens (including phenoxy) is 4. The third-order valence-electron chi connectivity index (χ3n) is 8.73. The minimum atomic E-state index is -0.887. The lowest BCUT2D eigenvalue weighted by Crippen LogP contribution is -2.67. The number of carbonyl (C=O) groups is 1. The first-order valence-corrected chi connectivity index (χ1v) is 11.0. The van der Waals surface area contributed by atoms with Crippen molar-refractivity contribution in [2.45, 2.75) is 75.7 Å². The number of aliphatic hydroxyl groups excluding tert-OH is 2. The van der Waals surface area contributed by atoms with Gasteiger partial charge in [-0.1, -0.05) is 13.8 Å². The number of cyclic esters (lactones) is 1. The van der Waals surface area contributed by atoms with E-state index in [4.69, 9.17) is 18.9 Å². The highest BCUT2D eigenvalue weighted by molar-refractivity contribution is 5.93. The third kappa shape index (κ3) is 1.79. The minimum Gasteiger partial charge on any atom is -0.492 e. The Morgan fingerprint density at radius 1 is 1.37 bits per heavy atom. The Balaban J connectivity index is 1.48. The number of nitrogens with zero attached hydrogens (tertiary/aromatic N) is 1. The molecule has 5 bridgehead atoms. The largest absolute Gasteiger partial charge is 0.492 e. The summed E-state index contributed by atoms with van der Waals surface area (Å²) >= 11 is 0. The first kappa shape index (κ1) is 19.1. The van der Waals surface area contributed by atoms with E-state index in [1.54, 1.807) is 6.92 Å². The number of rotatable bonds is 4. The molecule has 1 spiro atoms. The lowest BCUT2D eigenvalue weighted by molar-refractivity contribution is -0.257. The van der Waals surface area contributed by atoms with Crippen LogP contribution >= 0.6 is 0 Å². The molecule has 6 aliphatic rings. The zero-order valence-corrected chi connectivity index (χ0v) is 17.8. The zero-order chi connectivity index (χ0) is 21.2. The van der Waals surface area contributed by atoms with Crippen molar-refractivity contribution in [3.05, 3.63) is 22.9 Å². The van der Waals surface area contributed by atoms with Crippen molar-refractivity contribution in [1.29, 1.82) is 0 Å². The SMILES string of the molecule is CCC(O)C(O)[C@@]12[C@@H]3CCN1[C@H]1C[C@H]2O[C@@]32O/C(=C3\OC(=O)C(C)=C3OC)[C@@H](C)[C@H]12. The molecule has 6 heterocycles. The van der Waals surface area contributed by atoms with Gasteiger partial charge in [-0.05, 0) is 32.7 Å². The molecule has 6 aliphatic heterocycles. The molecule has 0 aliphatic carbocycles. The quantitative estimate of drug-likeness (QED) is 0.653. The van der Waals surface area contributed by atoms with Crippen LogP contribution in [-0.2, 0) is 23.7 Å². The van der Waals surface area contributed by atoms with Gasteiger partial charge in [-0.3, -0.25) is 4.90 Å². The van der Waals surface area contributed by atoms with Gasteiger partial charge in [-0.25, -0.2) is 4.79 Å². The second-order valence-corrected chi connectivity index (χ2v) is 9.63. The van der Waals surface area contributed by atoms with Gasteiger partial charge in [0.25, 0.3) is 0 Å². The van der Waals surface area contributed by atoms with E-state index in [0.29, 0.717) is 29.3 Å². The molecule has 3 unspecified atom stereocenters. The highest BCUT2D eigenvalue weighted by Crippen LogP contribution is 2.73. The van der Waals surface area contributed by atoms with Crippen LogP contribution in [0.4, 0.5) is 0 Å². The lowest BCUT2D eigenvalue weighted by Gasteiger charge is -2.50. The van der Waals surface area contributed by atoms with Gasteiger partial charge in [-0.15, -0.1) is 0 Å². The summed E-state index contributed by atoms with van der Waals surface area (Å²) in [6, 6.07) is 0.197. The van der Waals surface area contributed by atoms with Crippen molar-refractivity contribution in [3.63, 3.8) is 0 Å². The Morgan fingerprint density at radius 3 is 2.83 bits per heavy atom. The average Bonchev–Trinajstić information content (AvgIpc) is 3.45. The smallest absolute Gasteiger partial charge is 0.343 e. The number of carbonyl (C=O) groups excluding carboxylic acids is 1. The molecule has 0 saturated carbocycles. The number of allylic oxidation sites excluding steroid dienone is 1. The maximum Gasteiger partial charge on any atom is 0.343 e. The molecule has 10 atom stereocenters. The first-order chi connectivity index (χ1) is 14.3. The van der Waals surface area contributed by atoms with E-state index in [0.717, 1.165) is 19.4 Å². The maximum absolute atomic E-state index is 12.2. The summed E-state index contributed by atoms with van der Waals surface area (Å²) in [5.41, 5.74) is -0.181. The van der Waals surface area contributed by atoms with Crippen molar-refractivity contribution >= 4 is 5.97 Å². The van der Waals surface area contributed by atoms with Gasteiger partial charge >= 0.3 is 5.97 Å². The Hall–Kier alpha value is -1.61. The van der Waals surface area contributed by atoms with Crippen molar-refractivity contribution in [2.24, 2.45) is 17.8 Å². The monoisotopic (exact) mass is 419 g/mol. The second kappa shape index (κ2) is 5.79. The van der Waals surface area contributed by atoms with E-state index in [1.165, 1.54) is 7.11 Å². The molecule has 5 saturated heterocycles. The molecule has 0 amide bonds. The normalized spacial score (nSPS) is 52.0. The van der Waals surface area contributed by atoms with Gasteiger partial charge in [0.15, 0.2) is 5.76 Å². The van der Waals surface area contributed by atoms with Crippen LogP contribution in [-0.4, -0.2) is 70.4 Å². The molecule has 0 aromatic rings. The van der Waals surface area contributed by atoms with Crippen LogP contribution in [0.5, 0.6) is 0 Å². The van der Waals surface area contributed by atoms with E-state index in [-0.39, 0.29) is 29.9 Å². The molecule has 0 aromatic carbocycles. The molecule has 2 N–H and O–H groups in total. The van der Waals surface area contributed by atoms with E-state index in [9.17, 15) is 15.0 Å². The summed E-state index contributed by atoms with van der Waals surface area (Å²) in [6.45, 7) is 6.54. The van der Waals surface area contributed by atoms with Crippen LogP contribution in [0.15, 0.2) is 22.9 Å². The van der Waals surface area contributed by atoms with Crippen LogP contribution in [0.2, 0.25) is 0 Å². The van der Waals surface area contributed by atoms with Gasteiger partial charge < -0.3 is 29.2 Å². The molecule has 0 radical (unpaired) electrons. The Bertz CT molecular complexity index is 898. The molecule has 164 valence electrons. The van der Waals surface area contributed by atoms with Crippen molar-refractivity contribution in [1.82, 2.24) is 4.90 Å². The Labute approximate surface area is 175 Å². The van der Waals surface area contributed by atoms with Crippen LogP contribution in [0.3, 0.4) is 0 Å². The number of piperidine rings is 1. The van der Waals surface area contributed by atoms with E-state index < -0.39 is 29.5 Å². The number of fused-ring (bicyclic) bond motifs is 1. The number of esters is 1. The molecule has 8 nitrogen and oxygen atoms in total. The van der Waals surface area contributed by atoms with Gasteiger partial charge in [-0.2, -0.15) is 0 Å². The van der Waals surface area contributed by atoms with E-state index >= 15 is 0 Å². The number of aliphatic hydroxyl groups is 2. The maximum atomic E-state index is 12.2.